The van der Waals surface area contributed by atoms with Crippen LogP contribution >= 0.6 is 0 Å². The normalized spacial score (nSPS) is 37.3. The zero-order valence-corrected chi connectivity index (χ0v) is 8.86. The summed E-state index contributed by atoms with van der Waals surface area (Å²) in [7, 11) is 0. The monoisotopic (exact) mass is 198 g/mol. The summed E-state index contributed by atoms with van der Waals surface area (Å²) >= 11 is 0. The standard InChI is InChI=1S/C11H22N2O/c12-9-5-7-13(8-6-9)10-3-1-2-4-11(10)14/h9-11,14H,1-8,12H2/t10-,11-/m0/s1. The van der Waals surface area contributed by atoms with Crippen LogP contribution in [0.5, 0.6) is 0 Å². The summed E-state index contributed by atoms with van der Waals surface area (Å²) in [4.78, 5) is 2.45. The second-order valence-electron chi connectivity index (χ2n) is 4.79. The summed E-state index contributed by atoms with van der Waals surface area (Å²) in [6, 6.07) is 0.822. The van der Waals surface area contributed by atoms with Crippen LogP contribution in [-0.2, 0) is 0 Å². The molecule has 0 bridgehead atoms. The van der Waals surface area contributed by atoms with E-state index in [0.717, 1.165) is 32.4 Å². The Bertz CT molecular complexity index is 178. The molecule has 2 atom stereocenters. The van der Waals surface area contributed by atoms with Gasteiger partial charge in [0.15, 0.2) is 0 Å². The molecule has 1 aliphatic carbocycles. The fraction of sp³-hybridized carbons (Fsp3) is 1.00. The molecule has 3 nitrogen and oxygen atoms in total. The number of rotatable bonds is 1. The van der Waals surface area contributed by atoms with Crippen molar-refractivity contribution in [1.82, 2.24) is 4.90 Å². The minimum absolute atomic E-state index is 0.0851. The molecule has 0 aromatic carbocycles. The lowest BCUT2D eigenvalue weighted by Gasteiger charge is -2.40. The van der Waals surface area contributed by atoms with Crippen LogP contribution < -0.4 is 5.73 Å². The predicted molar refractivity (Wildman–Crippen MR) is 57.0 cm³/mol. The first-order chi connectivity index (χ1) is 6.77. The molecule has 3 heteroatoms. The highest BCUT2D eigenvalue weighted by Gasteiger charge is 2.30. The summed E-state index contributed by atoms with van der Waals surface area (Å²) in [6.07, 6.45) is 6.77. The van der Waals surface area contributed by atoms with Crippen LogP contribution in [0.2, 0.25) is 0 Å². The first-order valence-electron chi connectivity index (χ1n) is 5.95. The Morgan fingerprint density at radius 3 is 2.29 bits per heavy atom. The van der Waals surface area contributed by atoms with Crippen molar-refractivity contribution < 1.29 is 5.11 Å². The van der Waals surface area contributed by atoms with Gasteiger partial charge in [0.25, 0.3) is 0 Å². The number of likely N-dealkylation sites (tertiary alicyclic amines) is 1. The Balaban J connectivity index is 1.87. The van der Waals surface area contributed by atoms with Crippen molar-refractivity contribution in [3.05, 3.63) is 0 Å². The molecular weight excluding hydrogens is 176 g/mol. The van der Waals surface area contributed by atoms with Gasteiger partial charge < -0.3 is 10.8 Å². The smallest absolute Gasteiger partial charge is 0.0695 e. The third-order valence-electron chi connectivity index (χ3n) is 3.74. The van der Waals surface area contributed by atoms with Crippen molar-refractivity contribution in [3.63, 3.8) is 0 Å². The molecule has 1 aliphatic heterocycles. The number of aliphatic hydroxyl groups excluding tert-OH is 1. The predicted octanol–water partition coefficient (Wildman–Crippen LogP) is 0.713. The van der Waals surface area contributed by atoms with Crippen molar-refractivity contribution in [2.75, 3.05) is 13.1 Å². The van der Waals surface area contributed by atoms with E-state index >= 15 is 0 Å². The van der Waals surface area contributed by atoms with Gasteiger partial charge in [0.05, 0.1) is 6.10 Å². The van der Waals surface area contributed by atoms with Gasteiger partial charge in [-0.25, -0.2) is 0 Å². The SMILES string of the molecule is NC1CCN([C@H]2CCCC[C@@H]2O)CC1. The maximum absolute atomic E-state index is 9.91. The lowest BCUT2D eigenvalue weighted by Crippen LogP contribution is -2.50. The number of piperidine rings is 1. The molecule has 0 aromatic rings. The lowest BCUT2D eigenvalue weighted by molar-refractivity contribution is 0.00907. The van der Waals surface area contributed by atoms with E-state index in [9.17, 15) is 5.11 Å². The Morgan fingerprint density at radius 1 is 1.00 bits per heavy atom. The van der Waals surface area contributed by atoms with Crippen LogP contribution in [0.15, 0.2) is 0 Å². The van der Waals surface area contributed by atoms with E-state index in [4.69, 9.17) is 5.73 Å². The summed E-state index contributed by atoms with van der Waals surface area (Å²) in [5, 5.41) is 9.91. The molecule has 2 fully saturated rings. The fourth-order valence-corrected chi connectivity index (χ4v) is 2.77. The zero-order valence-electron chi connectivity index (χ0n) is 8.86. The van der Waals surface area contributed by atoms with Crippen LogP contribution in [-0.4, -0.2) is 41.3 Å². The van der Waals surface area contributed by atoms with Gasteiger partial charge >= 0.3 is 0 Å². The van der Waals surface area contributed by atoms with Crippen LogP contribution in [0.4, 0.5) is 0 Å². The van der Waals surface area contributed by atoms with Crippen LogP contribution in [0.3, 0.4) is 0 Å². The topological polar surface area (TPSA) is 49.5 Å². The highest BCUT2D eigenvalue weighted by Crippen LogP contribution is 2.25. The molecule has 2 rings (SSSR count). The number of aliphatic hydroxyl groups is 1. The van der Waals surface area contributed by atoms with Crippen molar-refractivity contribution in [2.24, 2.45) is 5.73 Å². The average Bonchev–Trinajstić information content (AvgIpc) is 2.20. The van der Waals surface area contributed by atoms with E-state index in [0.29, 0.717) is 12.1 Å². The van der Waals surface area contributed by atoms with E-state index in [1.54, 1.807) is 0 Å². The molecule has 0 aromatic heterocycles. The molecule has 0 amide bonds. The molecule has 0 spiro atoms. The quantitative estimate of drug-likeness (QED) is 0.652. The first-order valence-corrected chi connectivity index (χ1v) is 5.95. The number of hydrogen-bond donors (Lipinski definition) is 2. The van der Waals surface area contributed by atoms with Gasteiger partial charge in [-0.1, -0.05) is 12.8 Å². The van der Waals surface area contributed by atoms with Gasteiger partial charge in [0, 0.05) is 25.2 Å². The summed E-state index contributed by atoms with van der Waals surface area (Å²) < 4.78 is 0. The molecule has 14 heavy (non-hydrogen) atoms. The van der Waals surface area contributed by atoms with Crippen LogP contribution in [0.1, 0.15) is 38.5 Å². The van der Waals surface area contributed by atoms with Crippen molar-refractivity contribution in [3.8, 4) is 0 Å². The molecule has 1 heterocycles. The molecule has 82 valence electrons. The van der Waals surface area contributed by atoms with Crippen LogP contribution in [0, 0.1) is 0 Å². The van der Waals surface area contributed by atoms with Gasteiger partial charge in [0.1, 0.15) is 0 Å². The second-order valence-corrected chi connectivity index (χ2v) is 4.79. The van der Waals surface area contributed by atoms with Gasteiger partial charge in [-0.05, 0) is 25.7 Å². The van der Waals surface area contributed by atoms with Gasteiger partial charge in [-0.15, -0.1) is 0 Å². The molecule has 2 aliphatic rings. The molecule has 0 unspecified atom stereocenters. The maximum atomic E-state index is 9.91. The first kappa shape index (κ1) is 10.4. The Labute approximate surface area is 86.3 Å². The van der Waals surface area contributed by atoms with E-state index < -0.39 is 0 Å². The highest BCUT2D eigenvalue weighted by atomic mass is 16.3. The van der Waals surface area contributed by atoms with Crippen molar-refractivity contribution in [2.45, 2.75) is 56.7 Å². The molecule has 0 radical (unpaired) electrons. The average molecular weight is 198 g/mol. The summed E-state index contributed by atoms with van der Waals surface area (Å²) in [5.41, 5.74) is 5.87. The minimum Gasteiger partial charge on any atom is -0.391 e. The number of nitrogens with zero attached hydrogens (tertiary/aromatic N) is 1. The van der Waals surface area contributed by atoms with Gasteiger partial charge in [0.2, 0.25) is 0 Å². The third-order valence-corrected chi connectivity index (χ3v) is 3.74. The molecule has 3 N–H and O–H groups in total. The molecular formula is C11H22N2O. The fourth-order valence-electron chi connectivity index (χ4n) is 2.77. The largest absolute Gasteiger partial charge is 0.391 e. The van der Waals surface area contributed by atoms with E-state index in [1.165, 1.54) is 19.3 Å². The third kappa shape index (κ3) is 2.27. The second kappa shape index (κ2) is 4.60. The summed E-state index contributed by atoms with van der Waals surface area (Å²) in [6.45, 7) is 2.17. The maximum Gasteiger partial charge on any atom is 0.0695 e. The molecule has 1 saturated heterocycles. The minimum atomic E-state index is -0.0851. The molecule has 1 saturated carbocycles. The Morgan fingerprint density at radius 2 is 1.64 bits per heavy atom. The van der Waals surface area contributed by atoms with E-state index in [1.807, 2.05) is 0 Å². The number of nitrogens with two attached hydrogens (primary N) is 1. The van der Waals surface area contributed by atoms with Gasteiger partial charge in [-0.2, -0.15) is 0 Å². The van der Waals surface area contributed by atoms with Crippen molar-refractivity contribution >= 4 is 0 Å². The zero-order chi connectivity index (χ0) is 9.97. The Kier molecular flexibility index (Phi) is 3.42. The van der Waals surface area contributed by atoms with E-state index in [-0.39, 0.29) is 6.10 Å². The van der Waals surface area contributed by atoms with E-state index in [2.05, 4.69) is 4.90 Å². The summed E-state index contributed by atoms with van der Waals surface area (Å²) in [5.74, 6) is 0. The van der Waals surface area contributed by atoms with Crippen LogP contribution in [0.25, 0.3) is 0 Å². The van der Waals surface area contributed by atoms with Crippen molar-refractivity contribution in [1.29, 1.82) is 0 Å². The number of hydrogen-bond acceptors (Lipinski definition) is 3. The highest BCUT2D eigenvalue weighted by molar-refractivity contribution is 4.86. The Hall–Kier alpha value is -0.120. The lowest BCUT2D eigenvalue weighted by atomic mass is 9.90. The van der Waals surface area contributed by atoms with Gasteiger partial charge in [-0.3, -0.25) is 4.90 Å².